The fourth-order valence-electron chi connectivity index (χ4n) is 3.27. The molecule has 0 saturated carbocycles. The average Bonchev–Trinajstić information content (AvgIpc) is 2.56. The Morgan fingerprint density at radius 3 is 2.27 bits per heavy atom. The number of alkyl halides is 1. The van der Waals surface area contributed by atoms with Crippen LogP contribution >= 0.6 is 39.5 Å². The minimum Gasteiger partial charge on any atom is -0.147 e. The van der Waals surface area contributed by atoms with E-state index in [4.69, 9.17) is 0 Å². The van der Waals surface area contributed by atoms with Crippen molar-refractivity contribution in [2.75, 3.05) is 16.8 Å². The number of unbranched alkanes of at least 4 members (excludes halogenated alkanes) is 3. The van der Waals surface area contributed by atoms with E-state index >= 15 is 0 Å². The third-order valence-electron chi connectivity index (χ3n) is 4.80. The molecule has 2 rings (SSSR count). The molecule has 0 aliphatic carbocycles. The van der Waals surface area contributed by atoms with Crippen LogP contribution in [0.25, 0.3) is 0 Å². The van der Waals surface area contributed by atoms with Crippen molar-refractivity contribution in [1.82, 2.24) is 0 Å². The van der Waals surface area contributed by atoms with Gasteiger partial charge in [0.2, 0.25) is 0 Å². The van der Waals surface area contributed by atoms with Gasteiger partial charge in [0.05, 0.1) is 3.70 Å². The topological polar surface area (TPSA) is 0 Å². The molecule has 0 aromatic heterocycles. The maximum absolute atomic E-state index is 3.55. The zero-order valence-corrected chi connectivity index (χ0v) is 18.2. The number of thioether (sulfide) groups is 2. The van der Waals surface area contributed by atoms with Crippen molar-refractivity contribution in [3.8, 4) is 0 Å². The number of rotatable bonds is 8. The molecule has 1 saturated heterocycles. The van der Waals surface area contributed by atoms with Crippen LogP contribution in [0, 0.1) is 0 Å². The highest BCUT2D eigenvalue weighted by molar-refractivity contribution is 9.09. The van der Waals surface area contributed by atoms with Gasteiger partial charge in [-0.05, 0) is 30.8 Å². The highest BCUT2D eigenvalue weighted by Crippen LogP contribution is 2.51. The van der Waals surface area contributed by atoms with E-state index in [-0.39, 0.29) is 0 Å². The molecule has 0 unspecified atom stereocenters. The van der Waals surface area contributed by atoms with Crippen molar-refractivity contribution in [1.29, 1.82) is 0 Å². The number of halogens is 1. The molecule has 124 valence electrons. The molecule has 4 heteroatoms. The van der Waals surface area contributed by atoms with E-state index in [1.54, 1.807) is 5.19 Å². The largest absolute Gasteiger partial charge is 0.147 e. The van der Waals surface area contributed by atoms with E-state index in [9.17, 15) is 0 Å². The monoisotopic (exact) mass is 416 g/mol. The summed E-state index contributed by atoms with van der Waals surface area (Å²) < 4.78 is 0.487. The van der Waals surface area contributed by atoms with E-state index in [0.717, 1.165) is 5.33 Å². The summed E-state index contributed by atoms with van der Waals surface area (Å²) in [6.45, 7) is 5.21. The van der Waals surface area contributed by atoms with Crippen LogP contribution in [0.4, 0.5) is 0 Å². The van der Waals surface area contributed by atoms with E-state index in [0.29, 0.717) is 3.70 Å². The van der Waals surface area contributed by atoms with Gasteiger partial charge in [-0.3, -0.25) is 0 Å². The predicted molar refractivity (Wildman–Crippen MR) is 113 cm³/mol. The van der Waals surface area contributed by atoms with E-state index in [1.165, 1.54) is 50.0 Å². The van der Waals surface area contributed by atoms with Crippen LogP contribution in [0.1, 0.15) is 38.5 Å². The van der Waals surface area contributed by atoms with E-state index in [2.05, 4.69) is 82.9 Å². The Kier molecular flexibility index (Phi) is 7.92. The Hall–Kier alpha value is 0.617. The lowest BCUT2D eigenvalue weighted by atomic mass is 10.2. The van der Waals surface area contributed by atoms with Crippen molar-refractivity contribution in [3.63, 3.8) is 0 Å². The maximum Gasteiger partial charge on any atom is 0.110 e. The SMILES string of the molecule is C[Si](C)(c1ccccc1)C1(CCCCCCBr)SCCCS1. The van der Waals surface area contributed by atoms with Crippen LogP contribution in [-0.2, 0) is 0 Å². The average molecular weight is 418 g/mol. The smallest absolute Gasteiger partial charge is 0.110 e. The minimum absolute atomic E-state index is 0.487. The second kappa shape index (κ2) is 9.19. The molecule has 1 aromatic rings. The van der Waals surface area contributed by atoms with Gasteiger partial charge in [-0.25, -0.2) is 0 Å². The standard InChI is InChI=1S/C18H29BrS2Si/c1-22(2,17-11-6-5-7-12-17)18(20-15-10-16-21-18)13-8-3-4-9-14-19/h5-7,11-12H,3-4,8-10,13-16H2,1-2H3. The van der Waals surface area contributed by atoms with Gasteiger partial charge in [0.1, 0.15) is 8.07 Å². The highest BCUT2D eigenvalue weighted by Gasteiger charge is 2.49. The van der Waals surface area contributed by atoms with Crippen LogP contribution in [0.15, 0.2) is 30.3 Å². The van der Waals surface area contributed by atoms with Crippen LogP contribution < -0.4 is 5.19 Å². The molecule has 0 bridgehead atoms. The summed E-state index contributed by atoms with van der Waals surface area (Å²) in [6, 6.07) is 11.4. The first-order valence-corrected chi connectivity index (χ1v) is 14.6. The summed E-state index contributed by atoms with van der Waals surface area (Å²) in [4.78, 5) is 0. The number of benzene rings is 1. The first-order valence-electron chi connectivity index (χ1n) is 8.52. The summed E-state index contributed by atoms with van der Waals surface area (Å²) in [6.07, 6.45) is 8.29. The molecular formula is C18H29BrS2Si. The number of hydrogen-bond donors (Lipinski definition) is 0. The first kappa shape index (κ1) is 18.9. The van der Waals surface area contributed by atoms with Gasteiger partial charge >= 0.3 is 0 Å². The van der Waals surface area contributed by atoms with Crippen molar-refractivity contribution in [2.45, 2.75) is 55.3 Å². The Labute approximate surface area is 154 Å². The zero-order valence-electron chi connectivity index (χ0n) is 13.9. The molecule has 1 heterocycles. The number of hydrogen-bond acceptors (Lipinski definition) is 2. The van der Waals surface area contributed by atoms with Crippen molar-refractivity contribution in [3.05, 3.63) is 30.3 Å². The molecule has 22 heavy (non-hydrogen) atoms. The second-order valence-corrected chi connectivity index (χ2v) is 15.9. The van der Waals surface area contributed by atoms with Crippen molar-refractivity contribution >= 4 is 52.7 Å². The highest BCUT2D eigenvalue weighted by atomic mass is 79.9. The summed E-state index contributed by atoms with van der Waals surface area (Å²) in [5.74, 6) is 2.72. The molecule has 0 N–H and O–H groups in total. The molecule has 0 spiro atoms. The Morgan fingerprint density at radius 2 is 1.64 bits per heavy atom. The molecular weight excluding hydrogens is 388 g/mol. The van der Waals surface area contributed by atoms with Gasteiger partial charge in [-0.15, -0.1) is 23.5 Å². The lowest BCUT2D eigenvalue weighted by Gasteiger charge is -2.47. The van der Waals surface area contributed by atoms with Gasteiger partial charge < -0.3 is 0 Å². The molecule has 1 fully saturated rings. The summed E-state index contributed by atoms with van der Waals surface area (Å²) in [5.41, 5.74) is 0. The summed E-state index contributed by atoms with van der Waals surface area (Å²) in [7, 11) is -1.48. The predicted octanol–water partition coefficient (Wildman–Crippen LogP) is 6.05. The van der Waals surface area contributed by atoms with Crippen LogP contribution in [0.2, 0.25) is 13.1 Å². The Morgan fingerprint density at radius 1 is 1.00 bits per heavy atom. The fraction of sp³-hybridized carbons (Fsp3) is 0.667. The van der Waals surface area contributed by atoms with Crippen LogP contribution in [-0.4, -0.2) is 28.6 Å². The Bertz CT molecular complexity index is 430. The molecule has 0 nitrogen and oxygen atoms in total. The quantitative estimate of drug-likeness (QED) is 0.287. The van der Waals surface area contributed by atoms with Gasteiger partial charge in [0.15, 0.2) is 0 Å². The van der Waals surface area contributed by atoms with Gasteiger partial charge in [-0.1, -0.05) is 83.8 Å². The van der Waals surface area contributed by atoms with Gasteiger partial charge in [0.25, 0.3) is 0 Å². The summed E-state index contributed by atoms with van der Waals surface area (Å²) in [5, 5.41) is 2.80. The third-order valence-corrected chi connectivity index (χ3v) is 16.2. The molecule has 0 atom stereocenters. The summed E-state index contributed by atoms with van der Waals surface area (Å²) >= 11 is 8.13. The molecule has 0 radical (unpaired) electrons. The normalized spacial score (nSPS) is 18.3. The van der Waals surface area contributed by atoms with Crippen LogP contribution in [0.3, 0.4) is 0 Å². The Balaban J connectivity index is 2.10. The van der Waals surface area contributed by atoms with E-state index < -0.39 is 8.07 Å². The molecule has 1 aliphatic heterocycles. The van der Waals surface area contributed by atoms with E-state index in [1.807, 2.05) is 0 Å². The lowest BCUT2D eigenvalue weighted by Crippen LogP contribution is -2.59. The first-order chi connectivity index (χ1) is 10.6. The van der Waals surface area contributed by atoms with Gasteiger partial charge in [-0.2, -0.15) is 0 Å². The second-order valence-electron chi connectivity index (χ2n) is 6.65. The third kappa shape index (κ3) is 4.58. The van der Waals surface area contributed by atoms with Crippen LogP contribution in [0.5, 0.6) is 0 Å². The molecule has 1 aliphatic rings. The maximum atomic E-state index is 3.55. The molecule has 0 amide bonds. The molecule has 1 aromatic carbocycles. The minimum atomic E-state index is -1.48. The zero-order chi connectivity index (χ0) is 15.9. The van der Waals surface area contributed by atoms with Gasteiger partial charge in [0, 0.05) is 5.33 Å². The van der Waals surface area contributed by atoms with Crippen molar-refractivity contribution < 1.29 is 0 Å². The lowest BCUT2D eigenvalue weighted by molar-refractivity contribution is 0.641. The van der Waals surface area contributed by atoms with Crippen molar-refractivity contribution in [2.24, 2.45) is 0 Å². The fourth-order valence-corrected chi connectivity index (χ4v) is 13.0.